The Labute approximate surface area is 208 Å². The Hall–Kier alpha value is -3.50. The summed E-state index contributed by atoms with van der Waals surface area (Å²) in [6.07, 6.45) is 1.78. The predicted octanol–water partition coefficient (Wildman–Crippen LogP) is 2.29. The Kier molecular flexibility index (Phi) is 7.62. The zero-order valence-electron chi connectivity index (χ0n) is 19.8. The van der Waals surface area contributed by atoms with Gasteiger partial charge in [0.2, 0.25) is 0 Å². The Morgan fingerprint density at radius 2 is 1.83 bits per heavy atom. The van der Waals surface area contributed by atoms with E-state index in [0.29, 0.717) is 34.3 Å². The number of piperidine rings is 1. The average Bonchev–Trinajstić information content (AvgIpc) is 2.84. The minimum atomic E-state index is -1.08. The number of nitrogens with one attached hydrogen (secondary N) is 2. The van der Waals surface area contributed by atoms with E-state index in [-0.39, 0.29) is 17.5 Å². The van der Waals surface area contributed by atoms with Crippen molar-refractivity contribution in [3.63, 3.8) is 0 Å². The molecule has 2 atom stereocenters. The first-order chi connectivity index (χ1) is 16.8. The van der Waals surface area contributed by atoms with Gasteiger partial charge in [0.25, 0.3) is 11.8 Å². The van der Waals surface area contributed by atoms with Crippen LogP contribution < -0.4 is 21.3 Å². The highest BCUT2D eigenvalue weighted by molar-refractivity contribution is 8.12. The van der Waals surface area contributed by atoms with Crippen molar-refractivity contribution in [2.75, 3.05) is 23.3 Å². The SMILES string of the molecule is B[S+]([O-])c1ccc(Nc2nc(N3CCC[C@@H](NC(=O)c4ccc(C)cc4)C3)ccc2C(N)=O)cc1. The molecule has 1 aromatic heterocycles. The van der Waals surface area contributed by atoms with Gasteiger partial charge in [0, 0.05) is 30.4 Å². The summed E-state index contributed by atoms with van der Waals surface area (Å²) in [4.78, 5) is 32.2. The van der Waals surface area contributed by atoms with Crippen molar-refractivity contribution < 1.29 is 14.1 Å². The lowest BCUT2D eigenvalue weighted by atomic mass is 10.0. The van der Waals surface area contributed by atoms with Crippen LogP contribution in [0.5, 0.6) is 0 Å². The van der Waals surface area contributed by atoms with Crippen molar-refractivity contribution in [2.45, 2.75) is 30.7 Å². The van der Waals surface area contributed by atoms with Gasteiger partial charge in [0.15, 0.2) is 0 Å². The fourth-order valence-corrected chi connectivity index (χ4v) is 4.58. The van der Waals surface area contributed by atoms with E-state index in [2.05, 4.69) is 15.5 Å². The monoisotopic (exact) mass is 489 g/mol. The van der Waals surface area contributed by atoms with Gasteiger partial charge in [-0.3, -0.25) is 9.59 Å². The van der Waals surface area contributed by atoms with Crippen molar-refractivity contribution in [1.29, 1.82) is 0 Å². The molecule has 4 N–H and O–H groups in total. The smallest absolute Gasteiger partial charge is 0.382 e. The third-order valence-electron chi connectivity index (χ3n) is 5.99. The fourth-order valence-electron chi connectivity index (χ4n) is 4.06. The molecule has 1 saturated heterocycles. The van der Waals surface area contributed by atoms with Gasteiger partial charge in [-0.2, -0.15) is 0 Å². The van der Waals surface area contributed by atoms with Crippen molar-refractivity contribution in [3.8, 4) is 0 Å². The van der Waals surface area contributed by atoms with Crippen LogP contribution in [0.3, 0.4) is 0 Å². The number of nitrogens with two attached hydrogens (primary N) is 1. The predicted molar refractivity (Wildman–Crippen MR) is 141 cm³/mol. The molecule has 0 bridgehead atoms. The maximum Gasteiger partial charge on any atom is 0.382 e. The minimum Gasteiger partial charge on any atom is -0.631 e. The second-order valence-electron chi connectivity index (χ2n) is 8.66. The van der Waals surface area contributed by atoms with Crippen molar-refractivity contribution in [2.24, 2.45) is 5.73 Å². The first-order valence-electron chi connectivity index (χ1n) is 11.4. The van der Waals surface area contributed by atoms with Crippen LogP contribution in [-0.2, 0) is 11.0 Å². The number of aromatic nitrogens is 1. The number of nitrogens with zero attached hydrogens (tertiary/aromatic N) is 2. The van der Waals surface area contributed by atoms with Gasteiger partial charge in [-0.15, -0.1) is 0 Å². The highest BCUT2D eigenvalue weighted by Gasteiger charge is 2.24. The molecule has 0 radical (unpaired) electrons. The molecule has 0 aliphatic carbocycles. The third-order valence-corrected chi connectivity index (χ3v) is 6.93. The summed E-state index contributed by atoms with van der Waals surface area (Å²) in [5.41, 5.74) is 8.31. The van der Waals surface area contributed by atoms with Crippen LogP contribution in [0.1, 0.15) is 39.1 Å². The lowest BCUT2D eigenvalue weighted by molar-refractivity contribution is 0.0932. The molecule has 2 heterocycles. The molecular weight excluding hydrogens is 461 g/mol. The Morgan fingerprint density at radius 1 is 1.11 bits per heavy atom. The molecule has 0 spiro atoms. The Bertz CT molecular complexity index is 1200. The number of rotatable bonds is 7. The van der Waals surface area contributed by atoms with E-state index in [1.54, 1.807) is 43.5 Å². The normalized spacial score (nSPS) is 16.4. The van der Waals surface area contributed by atoms with Gasteiger partial charge in [-0.1, -0.05) is 28.7 Å². The maximum atomic E-state index is 12.7. The summed E-state index contributed by atoms with van der Waals surface area (Å²) in [7, 11) is 1.62. The molecular formula is C25H28BN5O3S. The number of hydrogen-bond donors (Lipinski definition) is 3. The number of carbonyl (C=O) groups excluding carboxylic acids is 2. The molecule has 10 heteroatoms. The van der Waals surface area contributed by atoms with E-state index < -0.39 is 16.9 Å². The lowest BCUT2D eigenvalue weighted by Crippen LogP contribution is -2.48. The van der Waals surface area contributed by atoms with Crippen molar-refractivity contribution in [1.82, 2.24) is 10.3 Å². The first-order valence-corrected chi connectivity index (χ1v) is 13.0. The quantitative estimate of drug-likeness (QED) is 0.346. The standard InChI is InChI=1S/C25H28BN5O3S/c1-16-4-6-17(7-5-16)25(33)29-19-3-2-14-31(15-19)22-13-12-21(23(27)32)24(30-22)28-18-8-10-20(11-9-18)35(26)34/h4-13,19H,2-3,14-15,26H2,1H3,(H2,27,32)(H,28,30)(H,29,33)/t19-,35?/m1/s1. The molecule has 2 aromatic carbocycles. The summed E-state index contributed by atoms with van der Waals surface area (Å²) in [6.45, 7) is 3.38. The fraction of sp³-hybridized carbons (Fsp3) is 0.240. The molecule has 0 saturated carbocycles. The first kappa shape index (κ1) is 24.6. The minimum absolute atomic E-state index is 0.0194. The molecule has 1 fully saturated rings. The maximum absolute atomic E-state index is 12.7. The van der Waals surface area contributed by atoms with Gasteiger partial charge < -0.3 is 25.8 Å². The van der Waals surface area contributed by atoms with Crippen LogP contribution in [-0.4, -0.2) is 47.6 Å². The highest BCUT2D eigenvalue weighted by atomic mass is 32.2. The van der Waals surface area contributed by atoms with E-state index in [1.807, 2.05) is 31.2 Å². The molecule has 3 aromatic rings. The van der Waals surface area contributed by atoms with Gasteiger partial charge >= 0.3 is 7.12 Å². The van der Waals surface area contributed by atoms with Crippen LogP contribution in [0, 0.1) is 6.92 Å². The summed E-state index contributed by atoms with van der Waals surface area (Å²) in [5, 5.41) is 6.29. The number of hydrogen-bond acceptors (Lipinski definition) is 6. The number of benzene rings is 2. The Morgan fingerprint density at radius 3 is 2.49 bits per heavy atom. The van der Waals surface area contributed by atoms with Crippen molar-refractivity contribution >= 4 is 47.3 Å². The molecule has 2 amide bonds. The van der Waals surface area contributed by atoms with E-state index in [9.17, 15) is 14.1 Å². The number of primary amides is 1. The lowest BCUT2D eigenvalue weighted by Gasteiger charge is -2.34. The Balaban J connectivity index is 1.50. The molecule has 1 unspecified atom stereocenters. The molecule has 1 aliphatic rings. The largest absolute Gasteiger partial charge is 0.631 e. The molecule has 8 nitrogen and oxygen atoms in total. The zero-order valence-corrected chi connectivity index (χ0v) is 20.6. The van der Waals surface area contributed by atoms with Crippen molar-refractivity contribution in [3.05, 3.63) is 77.4 Å². The molecule has 1 aliphatic heterocycles. The third kappa shape index (κ3) is 6.15. The summed E-state index contributed by atoms with van der Waals surface area (Å²) in [6, 6.07) is 18.0. The summed E-state index contributed by atoms with van der Waals surface area (Å²) < 4.78 is 11.7. The molecule has 180 valence electrons. The van der Waals surface area contributed by atoms with Gasteiger partial charge in [-0.05, 0) is 68.3 Å². The second kappa shape index (κ2) is 10.8. The van der Waals surface area contributed by atoms with E-state index in [4.69, 9.17) is 10.7 Å². The molecule has 4 rings (SSSR count). The number of anilines is 3. The number of aryl methyl sites for hydroxylation is 1. The highest BCUT2D eigenvalue weighted by Crippen LogP contribution is 2.26. The van der Waals surface area contributed by atoms with Gasteiger partial charge in [0.1, 0.15) is 16.5 Å². The van der Waals surface area contributed by atoms with Crippen LogP contribution in [0.2, 0.25) is 0 Å². The van der Waals surface area contributed by atoms with Crippen LogP contribution in [0.25, 0.3) is 0 Å². The number of amides is 2. The second-order valence-corrected chi connectivity index (χ2v) is 10.0. The van der Waals surface area contributed by atoms with Gasteiger partial charge in [0.05, 0.1) is 5.56 Å². The number of carbonyl (C=O) groups is 2. The van der Waals surface area contributed by atoms with Crippen LogP contribution in [0.4, 0.5) is 17.3 Å². The van der Waals surface area contributed by atoms with E-state index >= 15 is 0 Å². The van der Waals surface area contributed by atoms with Crippen LogP contribution >= 0.6 is 0 Å². The average molecular weight is 489 g/mol. The summed E-state index contributed by atoms with van der Waals surface area (Å²) in [5.74, 6) is 0.372. The van der Waals surface area contributed by atoms with E-state index in [1.165, 1.54) is 0 Å². The van der Waals surface area contributed by atoms with E-state index in [0.717, 1.165) is 24.9 Å². The van der Waals surface area contributed by atoms with Gasteiger partial charge in [-0.25, -0.2) is 4.98 Å². The van der Waals surface area contributed by atoms with Crippen LogP contribution in [0.15, 0.2) is 65.6 Å². The molecule has 35 heavy (non-hydrogen) atoms. The number of pyridine rings is 1. The topological polar surface area (TPSA) is 123 Å². The summed E-state index contributed by atoms with van der Waals surface area (Å²) >= 11 is -1.08. The zero-order chi connectivity index (χ0) is 24.9.